The lowest BCUT2D eigenvalue weighted by Gasteiger charge is -2.24. The molecule has 0 spiro atoms. The molecule has 0 saturated heterocycles. The van der Waals surface area contributed by atoms with Gasteiger partial charge in [-0.1, -0.05) is 26.1 Å². The summed E-state index contributed by atoms with van der Waals surface area (Å²) in [4.78, 5) is 2.72. The maximum Gasteiger partial charge on any atom is 0.151 e. The van der Waals surface area contributed by atoms with Gasteiger partial charge in [-0.15, -0.1) is 5.10 Å². The molecule has 0 aliphatic rings. The topological polar surface area (TPSA) is 55.0 Å². The minimum atomic E-state index is 0.541. The van der Waals surface area contributed by atoms with Gasteiger partial charge in [0.15, 0.2) is 5.82 Å². The van der Waals surface area contributed by atoms with Crippen LogP contribution in [0.15, 0.2) is 12.1 Å². The van der Waals surface area contributed by atoms with Crippen molar-refractivity contribution in [1.29, 1.82) is 0 Å². The van der Waals surface area contributed by atoms with E-state index < -0.39 is 0 Å². The molecule has 2 N–H and O–H groups in total. The Bertz CT molecular complexity index is 361. The summed E-state index contributed by atoms with van der Waals surface area (Å²) in [5, 5.41) is 8.28. The van der Waals surface area contributed by atoms with Crippen LogP contribution < -0.4 is 10.6 Å². The lowest BCUT2D eigenvalue weighted by atomic mass is 10.2. The largest absolute Gasteiger partial charge is 0.393 e. The zero-order valence-corrected chi connectivity index (χ0v) is 11.5. The van der Waals surface area contributed by atoms with Crippen LogP contribution in [0.25, 0.3) is 0 Å². The van der Waals surface area contributed by atoms with Crippen molar-refractivity contribution in [3.05, 3.63) is 17.8 Å². The van der Waals surface area contributed by atoms with Gasteiger partial charge in [0.2, 0.25) is 0 Å². The van der Waals surface area contributed by atoms with Crippen molar-refractivity contribution < 1.29 is 0 Å². The molecule has 0 amide bonds. The predicted octanol–water partition coefficient (Wildman–Crippen LogP) is 1.92. The van der Waals surface area contributed by atoms with E-state index in [0.717, 1.165) is 24.6 Å². The van der Waals surface area contributed by atoms with Crippen molar-refractivity contribution in [2.45, 2.75) is 27.2 Å². The Balaban J connectivity index is 2.74. The van der Waals surface area contributed by atoms with Gasteiger partial charge >= 0.3 is 0 Å². The summed E-state index contributed by atoms with van der Waals surface area (Å²) in [5.41, 5.74) is 6.47. The van der Waals surface area contributed by atoms with Gasteiger partial charge in [-0.25, -0.2) is 0 Å². The zero-order chi connectivity index (χ0) is 12.8. The lowest BCUT2D eigenvalue weighted by molar-refractivity contribution is 0.606. The summed E-state index contributed by atoms with van der Waals surface area (Å²) in [6, 6.07) is 3.96. The Morgan fingerprint density at radius 2 is 2.12 bits per heavy atom. The highest BCUT2D eigenvalue weighted by molar-refractivity contribution is 7.80. The molecule has 0 unspecified atom stereocenters. The fraction of sp³-hybridized carbons (Fsp3) is 0.583. The molecular formula is C12H20N4S. The molecule has 0 radical (unpaired) electrons. The van der Waals surface area contributed by atoms with Crippen molar-refractivity contribution in [3.63, 3.8) is 0 Å². The minimum absolute atomic E-state index is 0.541. The zero-order valence-electron chi connectivity index (χ0n) is 10.7. The summed E-state index contributed by atoms with van der Waals surface area (Å²) in [6.07, 6.45) is 0.706. The number of nitrogens with two attached hydrogens (primary N) is 1. The van der Waals surface area contributed by atoms with Crippen molar-refractivity contribution in [3.8, 4) is 0 Å². The molecule has 5 heteroatoms. The number of anilines is 1. The first-order valence-corrected chi connectivity index (χ1v) is 6.23. The van der Waals surface area contributed by atoms with E-state index in [2.05, 4.69) is 28.9 Å². The molecule has 1 aromatic rings. The van der Waals surface area contributed by atoms with E-state index in [9.17, 15) is 0 Å². The number of aryl methyl sites for hydroxylation is 1. The van der Waals surface area contributed by atoms with E-state index >= 15 is 0 Å². The SMILES string of the molecule is Cc1ccc(N(CCC(N)=S)CC(C)C)nn1. The normalized spacial score (nSPS) is 10.6. The Hall–Kier alpha value is -1.23. The Morgan fingerprint density at radius 1 is 1.41 bits per heavy atom. The summed E-state index contributed by atoms with van der Waals surface area (Å²) < 4.78 is 0. The average molecular weight is 252 g/mol. The van der Waals surface area contributed by atoms with E-state index in [0.29, 0.717) is 17.3 Å². The van der Waals surface area contributed by atoms with Gasteiger partial charge < -0.3 is 10.6 Å². The molecule has 0 bridgehead atoms. The molecule has 0 saturated carbocycles. The molecule has 94 valence electrons. The monoisotopic (exact) mass is 252 g/mol. The second-order valence-corrected chi connectivity index (χ2v) is 5.11. The number of nitrogens with zero attached hydrogens (tertiary/aromatic N) is 3. The van der Waals surface area contributed by atoms with Gasteiger partial charge in [-0.05, 0) is 25.0 Å². The van der Waals surface area contributed by atoms with E-state index in [1.165, 1.54) is 0 Å². The molecular weight excluding hydrogens is 232 g/mol. The molecule has 1 rings (SSSR count). The molecule has 1 heterocycles. The smallest absolute Gasteiger partial charge is 0.151 e. The third-order valence-corrected chi connectivity index (χ3v) is 2.53. The fourth-order valence-electron chi connectivity index (χ4n) is 1.55. The van der Waals surface area contributed by atoms with Gasteiger partial charge in [0, 0.05) is 19.5 Å². The standard InChI is InChI=1S/C12H20N4S/c1-9(2)8-16(7-6-11(13)17)12-5-4-10(3)14-15-12/h4-5,9H,6-8H2,1-3H3,(H2,13,17). The van der Waals surface area contributed by atoms with Crippen LogP contribution in [0.1, 0.15) is 26.0 Å². The van der Waals surface area contributed by atoms with Gasteiger partial charge in [0.1, 0.15) is 0 Å². The number of thiocarbonyl (C=S) groups is 1. The van der Waals surface area contributed by atoms with Crippen LogP contribution in [-0.2, 0) is 0 Å². The van der Waals surface area contributed by atoms with Crippen molar-refractivity contribution in [1.82, 2.24) is 10.2 Å². The van der Waals surface area contributed by atoms with Crippen LogP contribution in [0.4, 0.5) is 5.82 Å². The van der Waals surface area contributed by atoms with E-state index in [4.69, 9.17) is 18.0 Å². The van der Waals surface area contributed by atoms with Crippen molar-refractivity contribution in [2.75, 3.05) is 18.0 Å². The highest BCUT2D eigenvalue weighted by Crippen LogP contribution is 2.12. The highest BCUT2D eigenvalue weighted by Gasteiger charge is 2.10. The predicted molar refractivity (Wildman–Crippen MR) is 75.2 cm³/mol. The summed E-state index contributed by atoms with van der Waals surface area (Å²) in [7, 11) is 0. The third kappa shape index (κ3) is 5.08. The van der Waals surface area contributed by atoms with Gasteiger partial charge in [-0.2, -0.15) is 5.10 Å². The number of hydrogen-bond donors (Lipinski definition) is 1. The maximum absolute atomic E-state index is 5.54. The van der Waals surface area contributed by atoms with Crippen LogP contribution in [0.5, 0.6) is 0 Å². The van der Waals surface area contributed by atoms with E-state index in [-0.39, 0.29) is 0 Å². The lowest BCUT2D eigenvalue weighted by Crippen LogP contribution is -2.31. The highest BCUT2D eigenvalue weighted by atomic mass is 32.1. The van der Waals surface area contributed by atoms with Gasteiger partial charge in [0.25, 0.3) is 0 Å². The van der Waals surface area contributed by atoms with Crippen LogP contribution >= 0.6 is 12.2 Å². The van der Waals surface area contributed by atoms with Crippen LogP contribution in [0.3, 0.4) is 0 Å². The minimum Gasteiger partial charge on any atom is -0.393 e. The Labute approximate surface area is 108 Å². The molecule has 0 fully saturated rings. The quantitative estimate of drug-likeness (QED) is 0.784. The average Bonchev–Trinajstić information content (AvgIpc) is 2.25. The molecule has 0 atom stereocenters. The molecule has 0 aliphatic carbocycles. The van der Waals surface area contributed by atoms with Gasteiger partial charge in [0.05, 0.1) is 10.7 Å². The fourth-order valence-corrected chi connectivity index (χ4v) is 1.64. The molecule has 0 aromatic carbocycles. The summed E-state index contributed by atoms with van der Waals surface area (Å²) in [6.45, 7) is 8.01. The first-order chi connectivity index (χ1) is 7.99. The number of rotatable bonds is 6. The van der Waals surface area contributed by atoms with Crippen molar-refractivity contribution in [2.24, 2.45) is 11.7 Å². The van der Waals surface area contributed by atoms with E-state index in [1.54, 1.807) is 0 Å². The second kappa shape index (κ2) is 6.49. The molecule has 4 nitrogen and oxygen atoms in total. The maximum atomic E-state index is 5.54. The van der Waals surface area contributed by atoms with Crippen LogP contribution in [0.2, 0.25) is 0 Å². The first-order valence-electron chi connectivity index (χ1n) is 5.82. The molecule has 17 heavy (non-hydrogen) atoms. The molecule has 0 aliphatic heterocycles. The molecule has 1 aromatic heterocycles. The van der Waals surface area contributed by atoms with E-state index in [1.807, 2.05) is 19.1 Å². The number of hydrogen-bond acceptors (Lipinski definition) is 4. The number of aromatic nitrogens is 2. The summed E-state index contributed by atoms with van der Waals surface area (Å²) >= 11 is 4.91. The first kappa shape index (κ1) is 13.8. The van der Waals surface area contributed by atoms with Crippen LogP contribution in [0, 0.1) is 12.8 Å². The van der Waals surface area contributed by atoms with Gasteiger partial charge in [-0.3, -0.25) is 0 Å². The Morgan fingerprint density at radius 3 is 2.59 bits per heavy atom. The summed E-state index contributed by atoms with van der Waals surface area (Å²) in [5.74, 6) is 1.45. The third-order valence-electron chi connectivity index (χ3n) is 2.32. The van der Waals surface area contributed by atoms with Crippen molar-refractivity contribution >= 4 is 23.0 Å². The second-order valence-electron chi connectivity index (χ2n) is 4.59. The van der Waals surface area contributed by atoms with Crippen LogP contribution in [-0.4, -0.2) is 28.3 Å². The Kier molecular flexibility index (Phi) is 5.28.